The Morgan fingerprint density at radius 2 is 1.05 bits per heavy atom. The van der Waals surface area contributed by atoms with Gasteiger partial charge in [-0.15, -0.1) is 0 Å². The number of nitrogens with two attached hydrogens (primary N) is 4. The Hall–Kier alpha value is -4.22. The summed E-state index contributed by atoms with van der Waals surface area (Å²) in [6.07, 6.45) is 5.06. The lowest BCUT2D eigenvalue weighted by molar-refractivity contribution is 0.316. The van der Waals surface area contributed by atoms with Crippen molar-refractivity contribution in [1.29, 1.82) is 0 Å². The van der Waals surface area contributed by atoms with Crippen LogP contribution in [0.25, 0.3) is 11.4 Å². The van der Waals surface area contributed by atoms with Crippen LogP contribution >= 0.6 is 0 Å². The Labute approximate surface area is 262 Å². The Kier molecular flexibility index (Phi) is 13.9. The zero-order valence-electron chi connectivity index (χ0n) is 26.6. The van der Waals surface area contributed by atoms with E-state index in [0.29, 0.717) is 37.7 Å². The molecule has 238 valence electrons. The summed E-state index contributed by atoms with van der Waals surface area (Å²) >= 11 is 0. The largest absolute Gasteiger partial charge is 0.492 e. The average Bonchev–Trinajstić information content (AvgIpc) is 3.01. The minimum atomic E-state index is 0.570. The lowest BCUT2D eigenvalue weighted by Gasteiger charge is -2.17. The van der Waals surface area contributed by atoms with Gasteiger partial charge in [-0.1, -0.05) is 48.5 Å². The van der Waals surface area contributed by atoms with Crippen molar-refractivity contribution in [2.75, 3.05) is 53.5 Å². The number of likely N-dealkylation sites (N-methyl/N-ethyl adjacent to an activating group) is 2. The van der Waals surface area contributed by atoms with Gasteiger partial charge in [0.15, 0.2) is 0 Å². The van der Waals surface area contributed by atoms with E-state index in [4.69, 9.17) is 32.6 Å². The minimum absolute atomic E-state index is 0.570. The molecule has 0 aliphatic heterocycles. The van der Waals surface area contributed by atoms with Gasteiger partial charge in [-0.25, -0.2) is 11.7 Å². The summed E-state index contributed by atoms with van der Waals surface area (Å²) in [4.78, 5) is 0. The average molecular weight is 603 g/mol. The zero-order chi connectivity index (χ0) is 31.9. The number of nitrogens with zero attached hydrogens (tertiary/aromatic N) is 2. The molecule has 0 atom stereocenters. The summed E-state index contributed by atoms with van der Waals surface area (Å²) in [5, 5.41) is 9.39. The van der Waals surface area contributed by atoms with Crippen molar-refractivity contribution < 1.29 is 9.47 Å². The first kappa shape index (κ1) is 34.3. The first-order valence-corrected chi connectivity index (χ1v) is 15.0. The van der Waals surface area contributed by atoms with E-state index < -0.39 is 0 Å². The van der Waals surface area contributed by atoms with Crippen LogP contribution in [0.15, 0.2) is 73.1 Å². The quantitative estimate of drug-likeness (QED) is 0.0728. The standard InChI is InChI=1S/C34H50N8O2/c1-25-21-27(5-11-33(25)43-19-15-39-3)13-17-41(37)23-31(35)29-7-9-30(10-8-29)32(36)24-42(38)18-14-28-6-12-34(26(2)22-28)44-20-16-40-4/h5-12,21-24,39-40H,13-20,35-38H2,1-4H3/b31-23-,32-24-. The fourth-order valence-corrected chi connectivity index (χ4v) is 4.59. The predicted molar refractivity (Wildman–Crippen MR) is 181 cm³/mol. The predicted octanol–water partition coefficient (Wildman–Crippen LogP) is 2.85. The summed E-state index contributed by atoms with van der Waals surface area (Å²) in [5.74, 6) is 14.3. The lowest BCUT2D eigenvalue weighted by Crippen LogP contribution is -2.28. The van der Waals surface area contributed by atoms with E-state index in [-0.39, 0.29) is 0 Å². The monoisotopic (exact) mass is 602 g/mol. The van der Waals surface area contributed by atoms with E-state index in [1.807, 2.05) is 50.5 Å². The molecule has 0 bridgehead atoms. The Balaban J connectivity index is 1.49. The molecule has 0 unspecified atom stereocenters. The molecule has 44 heavy (non-hydrogen) atoms. The van der Waals surface area contributed by atoms with Gasteiger partial charge in [0, 0.05) is 38.6 Å². The molecule has 3 aromatic rings. The van der Waals surface area contributed by atoms with Crippen LogP contribution in [0.3, 0.4) is 0 Å². The fourth-order valence-electron chi connectivity index (χ4n) is 4.59. The highest BCUT2D eigenvalue weighted by atomic mass is 16.5. The van der Waals surface area contributed by atoms with Crippen LogP contribution in [-0.2, 0) is 12.8 Å². The van der Waals surface area contributed by atoms with Crippen LogP contribution in [0.2, 0.25) is 0 Å². The lowest BCUT2D eigenvalue weighted by atomic mass is 10.1. The minimum Gasteiger partial charge on any atom is -0.492 e. The third-order valence-corrected chi connectivity index (χ3v) is 7.18. The van der Waals surface area contributed by atoms with Gasteiger partial charge in [-0.05, 0) is 86.3 Å². The molecule has 10 N–H and O–H groups in total. The molecule has 10 nitrogen and oxygen atoms in total. The molecule has 0 fully saturated rings. The van der Waals surface area contributed by atoms with Gasteiger partial charge in [0.1, 0.15) is 24.7 Å². The van der Waals surface area contributed by atoms with E-state index in [1.54, 1.807) is 22.4 Å². The molecule has 0 saturated carbocycles. The summed E-state index contributed by atoms with van der Waals surface area (Å²) in [5.41, 5.74) is 20.1. The third-order valence-electron chi connectivity index (χ3n) is 7.18. The Bertz CT molecular complexity index is 1270. The zero-order valence-corrected chi connectivity index (χ0v) is 26.6. The third kappa shape index (κ3) is 11.1. The molecule has 3 rings (SSSR count). The van der Waals surface area contributed by atoms with E-state index >= 15 is 0 Å². The maximum Gasteiger partial charge on any atom is 0.122 e. The number of hydrazine groups is 2. The van der Waals surface area contributed by atoms with Crippen molar-refractivity contribution >= 4 is 11.4 Å². The smallest absolute Gasteiger partial charge is 0.122 e. The summed E-state index contributed by atoms with van der Waals surface area (Å²) in [6.45, 7) is 8.23. The first-order valence-electron chi connectivity index (χ1n) is 15.0. The highest BCUT2D eigenvalue weighted by Crippen LogP contribution is 2.21. The maximum atomic E-state index is 6.35. The van der Waals surface area contributed by atoms with E-state index in [0.717, 1.165) is 59.7 Å². The summed E-state index contributed by atoms with van der Waals surface area (Å²) in [6, 6.07) is 20.1. The van der Waals surface area contributed by atoms with Crippen molar-refractivity contribution in [2.24, 2.45) is 23.2 Å². The van der Waals surface area contributed by atoms with Crippen LogP contribution in [0, 0.1) is 13.8 Å². The number of hydrogen-bond donors (Lipinski definition) is 6. The van der Waals surface area contributed by atoms with E-state index in [1.165, 1.54) is 11.1 Å². The molecule has 0 aliphatic rings. The molecule has 0 saturated heterocycles. The second-order valence-electron chi connectivity index (χ2n) is 10.8. The van der Waals surface area contributed by atoms with Crippen molar-refractivity contribution in [3.8, 4) is 11.5 Å². The van der Waals surface area contributed by atoms with Crippen LogP contribution < -0.4 is 43.3 Å². The molecular formula is C34H50N8O2. The van der Waals surface area contributed by atoms with Gasteiger partial charge >= 0.3 is 0 Å². The Morgan fingerprint density at radius 1 is 0.659 bits per heavy atom. The van der Waals surface area contributed by atoms with Crippen LogP contribution in [-0.4, -0.2) is 63.5 Å². The molecule has 10 heteroatoms. The normalized spacial score (nSPS) is 11.9. The number of nitrogens with one attached hydrogen (secondary N) is 2. The molecule has 0 aromatic heterocycles. The van der Waals surface area contributed by atoms with Crippen molar-refractivity contribution in [3.05, 3.63) is 106 Å². The van der Waals surface area contributed by atoms with Gasteiger partial charge in [0.05, 0.1) is 11.4 Å². The van der Waals surface area contributed by atoms with Crippen molar-refractivity contribution in [2.45, 2.75) is 26.7 Å². The van der Waals surface area contributed by atoms with Gasteiger partial charge in [-0.3, -0.25) is 0 Å². The highest BCUT2D eigenvalue weighted by molar-refractivity contribution is 5.67. The SMILES string of the molecule is CNCCOc1ccc(CCN(N)/C=C(\N)c2ccc(/C(N)=C/N(N)CCc3ccc(OCCNC)c(C)c3)cc2)cc1C. The van der Waals surface area contributed by atoms with Crippen LogP contribution in [0.4, 0.5) is 0 Å². The number of rotatable bonds is 18. The topological polar surface area (TPSA) is 153 Å². The molecule has 0 radical (unpaired) electrons. The molecule has 0 spiro atoms. The van der Waals surface area contributed by atoms with Gasteiger partial charge in [0.2, 0.25) is 0 Å². The molecule has 0 heterocycles. The number of aryl methyl sites for hydroxylation is 2. The van der Waals surface area contributed by atoms with E-state index in [9.17, 15) is 0 Å². The molecule has 3 aromatic carbocycles. The van der Waals surface area contributed by atoms with Gasteiger partial charge in [-0.2, -0.15) is 0 Å². The van der Waals surface area contributed by atoms with Crippen molar-refractivity contribution in [3.63, 3.8) is 0 Å². The number of hydrogen-bond acceptors (Lipinski definition) is 10. The Morgan fingerprint density at radius 3 is 1.39 bits per heavy atom. The fraction of sp³-hybridized carbons (Fsp3) is 0.353. The summed E-state index contributed by atoms with van der Waals surface area (Å²) < 4.78 is 11.6. The van der Waals surface area contributed by atoms with Gasteiger partial charge in [0.25, 0.3) is 0 Å². The molecule has 0 aliphatic carbocycles. The number of benzene rings is 3. The van der Waals surface area contributed by atoms with Gasteiger partial charge < -0.3 is 41.6 Å². The van der Waals surface area contributed by atoms with E-state index in [2.05, 4.69) is 48.7 Å². The first-order chi connectivity index (χ1) is 21.2. The summed E-state index contributed by atoms with van der Waals surface area (Å²) in [7, 11) is 3.82. The second kappa shape index (κ2) is 17.8. The molecule has 0 amide bonds. The molecular weight excluding hydrogens is 552 g/mol. The maximum absolute atomic E-state index is 6.35. The van der Waals surface area contributed by atoms with Crippen LogP contribution in [0.1, 0.15) is 33.4 Å². The van der Waals surface area contributed by atoms with Crippen molar-refractivity contribution in [1.82, 2.24) is 20.7 Å². The van der Waals surface area contributed by atoms with Crippen LogP contribution in [0.5, 0.6) is 11.5 Å². The second-order valence-corrected chi connectivity index (χ2v) is 10.8. The number of ether oxygens (including phenoxy) is 2. The highest BCUT2D eigenvalue weighted by Gasteiger charge is 2.07.